The maximum absolute atomic E-state index is 9.19. The Morgan fingerprint density at radius 1 is 0.457 bits per heavy atom. The minimum atomic E-state index is -0.615. The topological polar surface area (TPSA) is 13.1 Å². The molecule has 1 aromatic heterocycles. The van der Waals surface area contributed by atoms with Gasteiger partial charge in [-0.1, -0.05) is 157 Å². The van der Waals surface area contributed by atoms with E-state index in [1.54, 1.807) is 12.1 Å². The van der Waals surface area contributed by atoms with E-state index in [-0.39, 0.29) is 38.2 Å². The molecule has 8 aromatic carbocycles. The van der Waals surface area contributed by atoms with Crippen LogP contribution in [0, 0.1) is 0 Å². The molecule has 0 amide bonds. The standard InChI is InChI=1S/C45H30O/c1-3-12-30(13-4-1)28-41-36-16-7-9-18-38(36)44(39-19-10-8-17-37(39)41)33-24-22-31(23-25-33)34-26-27-43-42(29-34)40-21-11-20-35(45(40)46-43)32-14-5-2-6-15-32/h1-27,29H,28H2/i1D,3D,4D,7D,8D,9D,10D,12D,13D,16D,17D,18D,19D. The Morgan fingerprint density at radius 2 is 1.09 bits per heavy atom. The highest BCUT2D eigenvalue weighted by atomic mass is 16.3. The van der Waals surface area contributed by atoms with Crippen LogP contribution in [0.25, 0.3) is 76.9 Å². The van der Waals surface area contributed by atoms with E-state index in [0.29, 0.717) is 11.1 Å². The molecule has 216 valence electrons. The minimum Gasteiger partial charge on any atom is -0.455 e. The van der Waals surface area contributed by atoms with Gasteiger partial charge in [0.25, 0.3) is 0 Å². The Balaban J connectivity index is 1.29. The first-order valence-electron chi connectivity index (χ1n) is 21.3. The molecular weight excluding hydrogens is 556 g/mol. The van der Waals surface area contributed by atoms with E-state index in [9.17, 15) is 2.74 Å². The van der Waals surface area contributed by atoms with Crippen LogP contribution in [0.15, 0.2) is 174 Å². The van der Waals surface area contributed by atoms with Crippen LogP contribution in [0.5, 0.6) is 0 Å². The summed E-state index contributed by atoms with van der Waals surface area (Å²) in [5, 5.41) is 1.66. The van der Waals surface area contributed by atoms with Gasteiger partial charge in [0.1, 0.15) is 11.2 Å². The molecule has 0 spiro atoms. The van der Waals surface area contributed by atoms with Gasteiger partial charge < -0.3 is 4.42 Å². The van der Waals surface area contributed by atoms with Crippen molar-refractivity contribution in [2.75, 3.05) is 0 Å². The quantitative estimate of drug-likeness (QED) is 0.179. The maximum Gasteiger partial charge on any atom is 0.143 e. The van der Waals surface area contributed by atoms with E-state index >= 15 is 0 Å². The molecule has 0 atom stereocenters. The molecule has 0 bridgehead atoms. The van der Waals surface area contributed by atoms with Crippen molar-refractivity contribution in [1.82, 2.24) is 0 Å². The molecule has 0 saturated carbocycles. The molecule has 0 fully saturated rings. The third-order valence-corrected chi connectivity index (χ3v) is 8.47. The molecule has 9 aromatic rings. The van der Waals surface area contributed by atoms with Crippen molar-refractivity contribution >= 4 is 43.5 Å². The largest absolute Gasteiger partial charge is 0.455 e. The predicted octanol–water partition coefficient (Wildman–Crippen LogP) is 12.5. The first-order chi connectivity index (χ1) is 28.2. The van der Waals surface area contributed by atoms with Crippen LogP contribution in [0.2, 0.25) is 0 Å². The average Bonchev–Trinajstić information content (AvgIpc) is 3.64. The van der Waals surface area contributed by atoms with E-state index in [2.05, 4.69) is 0 Å². The van der Waals surface area contributed by atoms with Gasteiger partial charge in [-0.3, -0.25) is 0 Å². The smallest absolute Gasteiger partial charge is 0.143 e. The average molecular weight is 600 g/mol. The molecule has 0 saturated heterocycles. The summed E-state index contributed by atoms with van der Waals surface area (Å²) in [7, 11) is 0. The molecule has 1 heteroatoms. The Kier molecular flexibility index (Phi) is 3.89. The zero-order valence-corrected chi connectivity index (χ0v) is 24.3. The molecule has 9 rings (SSSR count). The van der Waals surface area contributed by atoms with Crippen LogP contribution in [-0.4, -0.2) is 0 Å². The van der Waals surface area contributed by atoms with E-state index in [1.165, 1.54) is 0 Å². The third kappa shape index (κ3) is 4.40. The minimum absolute atomic E-state index is 0.0102. The summed E-state index contributed by atoms with van der Waals surface area (Å²) in [5.74, 6) is 0. The summed E-state index contributed by atoms with van der Waals surface area (Å²) in [6.07, 6.45) is -0.482. The second-order valence-corrected chi connectivity index (χ2v) is 11.1. The lowest BCUT2D eigenvalue weighted by Crippen LogP contribution is -1.95. The highest BCUT2D eigenvalue weighted by Crippen LogP contribution is 2.41. The monoisotopic (exact) mass is 599 g/mol. The van der Waals surface area contributed by atoms with Gasteiger partial charge >= 0.3 is 0 Å². The summed E-state index contributed by atoms with van der Waals surface area (Å²) < 4.78 is 120. The highest BCUT2D eigenvalue weighted by Gasteiger charge is 2.16. The summed E-state index contributed by atoms with van der Waals surface area (Å²) >= 11 is 0. The SMILES string of the molecule is [2H]c1c([2H])c([2H])c(Cc2c3c([2H])c([2H])c([2H])c([2H])c3c(-c3ccc(-c4ccc5oc6c(-c7ccccc7)cccc6c5c4)cc3)c3c([2H])c([2H])c([2H])c([2H])c23)c([2H])c1[2H]. The molecule has 46 heavy (non-hydrogen) atoms. The molecule has 0 aliphatic heterocycles. The Morgan fingerprint density at radius 3 is 1.80 bits per heavy atom. The zero-order valence-electron chi connectivity index (χ0n) is 37.3. The third-order valence-electron chi connectivity index (χ3n) is 8.47. The van der Waals surface area contributed by atoms with E-state index in [0.717, 1.165) is 38.6 Å². The molecule has 1 heterocycles. The maximum atomic E-state index is 9.19. The van der Waals surface area contributed by atoms with E-state index < -0.39 is 85.0 Å². The van der Waals surface area contributed by atoms with Crippen molar-refractivity contribution in [2.24, 2.45) is 0 Å². The fourth-order valence-corrected chi connectivity index (χ4v) is 6.36. The molecule has 1 nitrogen and oxygen atoms in total. The number of rotatable bonds is 5. The van der Waals surface area contributed by atoms with Crippen molar-refractivity contribution in [3.05, 3.63) is 181 Å². The second kappa shape index (κ2) is 10.9. The van der Waals surface area contributed by atoms with Gasteiger partial charge in [-0.05, 0) is 79.0 Å². The van der Waals surface area contributed by atoms with Crippen LogP contribution >= 0.6 is 0 Å². The molecule has 0 radical (unpaired) electrons. The first kappa shape index (κ1) is 16.4. The van der Waals surface area contributed by atoms with Gasteiger partial charge in [0.05, 0.1) is 17.8 Å². The van der Waals surface area contributed by atoms with Gasteiger partial charge in [0, 0.05) is 16.3 Å². The van der Waals surface area contributed by atoms with Crippen molar-refractivity contribution in [3.63, 3.8) is 0 Å². The van der Waals surface area contributed by atoms with Crippen LogP contribution in [0.1, 0.15) is 28.9 Å². The van der Waals surface area contributed by atoms with Gasteiger partial charge in [-0.25, -0.2) is 0 Å². The Labute approximate surface area is 286 Å². The number of hydrogen-bond acceptors (Lipinski definition) is 1. The summed E-state index contributed by atoms with van der Waals surface area (Å²) in [5.41, 5.74) is 5.52. The van der Waals surface area contributed by atoms with E-state index in [1.807, 2.05) is 78.9 Å². The van der Waals surface area contributed by atoms with Crippen molar-refractivity contribution in [2.45, 2.75) is 6.42 Å². The number of fused-ring (bicyclic) bond motifs is 5. The number of benzene rings is 8. The first-order valence-corrected chi connectivity index (χ1v) is 14.8. The molecule has 0 aliphatic carbocycles. The van der Waals surface area contributed by atoms with Crippen molar-refractivity contribution < 1.29 is 22.2 Å². The summed E-state index contributed by atoms with van der Waals surface area (Å²) in [6, 6.07) is 22.0. The van der Waals surface area contributed by atoms with Crippen LogP contribution in [0.4, 0.5) is 0 Å². The van der Waals surface area contributed by atoms with Crippen molar-refractivity contribution in [1.29, 1.82) is 0 Å². The number of hydrogen-bond donors (Lipinski definition) is 0. The van der Waals surface area contributed by atoms with Crippen LogP contribution in [0.3, 0.4) is 0 Å². The van der Waals surface area contributed by atoms with Gasteiger partial charge in [0.2, 0.25) is 0 Å². The zero-order chi connectivity index (χ0) is 41.8. The number of para-hydroxylation sites is 1. The highest BCUT2D eigenvalue weighted by molar-refractivity contribution is 6.15. The molecule has 0 N–H and O–H groups in total. The van der Waals surface area contributed by atoms with E-state index in [4.69, 9.17) is 19.5 Å². The Bertz CT molecular complexity index is 3160. The normalized spacial score (nSPS) is 15.5. The van der Waals surface area contributed by atoms with Gasteiger partial charge in [-0.15, -0.1) is 0 Å². The van der Waals surface area contributed by atoms with Crippen LogP contribution < -0.4 is 0 Å². The lowest BCUT2D eigenvalue weighted by Gasteiger charge is -2.18. The molecule has 0 unspecified atom stereocenters. The Hall–Kier alpha value is -5.92. The predicted molar refractivity (Wildman–Crippen MR) is 194 cm³/mol. The molecule has 0 aliphatic rings. The number of furan rings is 1. The summed E-state index contributed by atoms with van der Waals surface area (Å²) in [4.78, 5) is 0. The summed E-state index contributed by atoms with van der Waals surface area (Å²) in [6.45, 7) is 0. The van der Waals surface area contributed by atoms with Crippen LogP contribution in [-0.2, 0) is 6.42 Å². The fourth-order valence-electron chi connectivity index (χ4n) is 6.36. The fraction of sp³-hybridized carbons (Fsp3) is 0.0222. The van der Waals surface area contributed by atoms with Gasteiger partial charge in [0.15, 0.2) is 0 Å². The second-order valence-electron chi connectivity index (χ2n) is 11.1. The lowest BCUT2D eigenvalue weighted by molar-refractivity contribution is 0.670. The molecular formula is C45H30O. The lowest BCUT2D eigenvalue weighted by atomic mass is 9.86. The van der Waals surface area contributed by atoms with Gasteiger partial charge in [-0.2, -0.15) is 0 Å². The van der Waals surface area contributed by atoms with Crippen molar-refractivity contribution in [3.8, 4) is 33.4 Å².